The number of halogens is 1. The van der Waals surface area contributed by atoms with Crippen LogP contribution in [-0.2, 0) is 9.59 Å². The number of hydrogen-bond acceptors (Lipinski definition) is 3. The van der Waals surface area contributed by atoms with E-state index in [4.69, 9.17) is 21.4 Å². The summed E-state index contributed by atoms with van der Waals surface area (Å²) >= 11 is 5.83. The molecule has 0 aliphatic heterocycles. The molecule has 1 aromatic rings. The van der Waals surface area contributed by atoms with E-state index in [0.29, 0.717) is 23.6 Å². The highest BCUT2D eigenvalue weighted by atomic mass is 35.5. The van der Waals surface area contributed by atoms with E-state index in [0.717, 1.165) is 0 Å². The topological polar surface area (TPSA) is 75.6 Å². The monoisotopic (exact) mass is 297 g/mol. The largest absolute Gasteiger partial charge is 0.481 e. The molecule has 1 fully saturated rings. The first-order chi connectivity index (χ1) is 9.43. The lowest BCUT2D eigenvalue weighted by Crippen LogP contribution is -2.41. The zero-order chi connectivity index (χ0) is 14.8. The molecule has 1 aromatic carbocycles. The van der Waals surface area contributed by atoms with Gasteiger partial charge in [0.1, 0.15) is 5.75 Å². The summed E-state index contributed by atoms with van der Waals surface area (Å²) in [4.78, 5) is 22.9. The van der Waals surface area contributed by atoms with Gasteiger partial charge in [-0.1, -0.05) is 17.7 Å². The molecule has 1 amide bonds. The van der Waals surface area contributed by atoms with Crippen molar-refractivity contribution in [3.8, 4) is 5.75 Å². The highest BCUT2D eigenvalue weighted by Crippen LogP contribution is 2.45. The van der Waals surface area contributed by atoms with Crippen molar-refractivity contribution in [3.05, 3.63) is 29.3 Å². The van der Waals surface area contributed by atoms with Gasteiger partial charge in [0.2, 0.25) is 0 Å². The number of carboxylic acids is 1. The van der Waals surface area contributed by atoms with Crippen LogP contribution in [0.1, 0.15) is 19.8 Å². The van der Waals surface area contributed by atoms with E-state index in [9.17, 15) is 9.59 Å². The summed E-state index contributed by atoms with van der Waals surface area (Å²) in [6.07, 6.45) is 0.497. The van der Waals surface area contributed by atoms with Gasteiger partial charge in [0.15, 0.2) is 6.10 Å². The Hall–Kier alpha value is -1.75. The van der Waals surface area contributed by atoms with E-state index < -0.39 is 17.5 Å². The number of carbonyl (C=O) groups excluding carboxylic acids is 1. The third kappa shape index (κ3) is 3.42. The van der Waals surface area contributed by atoms with Crippen LogP contribution in [0.2, 0.25) is 5.02 Å². The molecule has 2 N–H and O–H groups in total. The van der Waals surface area contributed by atoms with Gasteiger partial charge in [-0.15, -0.1) is 0 Å². The highest BCUT2D eigenvalue weighted by Gasteiger charge is 2.50. The van der Waals surface area contributed by atoms with Crippen LogP contribution in [-0.4, -0.2) is 29.6 Å². The Morgan fingerprint density at radius 2 is 2.20 bits per heavy atom. The molecule has 1 aliphatic rings. The number of rotatable bonds is 6. The number of hydrogen-bond donors (Lipinski definition) is 2. The Labute approximate surface area is 121 Å². The molecule has 0 aromatic heterocycles. The Morgan fingerprint density at radius 1 is 1.50 bits per heavy atom. The fourth-order valence-corrected chi connectivity index (χ4v) is 2.00. The molecule has 0 radical (unpaired) electrons. The van der Waals surface area contributed by atoms with Crippen LogP contribution < -0.4 is 10.1 Å². The third-order valence-corrected chi connectivity index (χ3v) is 3.62. The molecule has 108 valence electrons. The number of nitrogens with one attached hydrogen (secondary N) is 1. The van der Waals surface area contributed by atoms with Crippen LogP contribution in [0.25, 0.3) is 0 Å². The van der Waals surface area contributed by atoms with Gasteiger partial charge >= 0.3 is 5.97 Å². The molecule has 0 heterocycles. The van der Waals surface area contributed by atoms with Crippen LogP contribution in [0.15, 0.2) is 24.3 Å². The van der Waals surface area contributed by atoms with Crippen molar-refractivity contribution >= 4 is 23.5 Å². The summed E-state index contributed by atoms with van der Waals surface area (Å²) in [5, 5.41) is 12.2. The predicted octanol–water partition coefficient (Wildman–Crippen LogP) is 2.09. The van der Waals surface area contributed by atoms with Crippen LogP contribution in [0.4, 0.5) is 0 Å². The Balaban J connectivity index is 1.85. The second kappa shape index (κ2) is 5.71. The van der Waals surface area contributed by atoms with Gasteiger partial charge in [0, 0.05) is 11.6 Å². The lowest BCUT2D eigenvalue weighted by atomic mass is 10.1. The van der Waals surface area contributed by atoms with E-state index in [1.807, 2.05) is 0 Å². The summed E-state index contributed by atoms with van der Waals surface area (Å²) in [6.45, 7) is 1.75. The SMILES string of the molecule is CC(Oc1cccc(Cl)c1)C(=O)NCC1(C(=O)O)CC1. The quantitative estimate of drug-likeness (QED) is 0.843. The number of carboxylic acid groups (broad SMARTS) is 1. The molecule has 1 aliphatic carbocycles. The maximum absolute atomic E-state index is 11.9. The van der Waals surface area contributed by atoms with Gasteiger partial charge in [-0.2, -0.15) is 0 Å². The first-order valence-corrected chi connectivity index (χ1v) is 6.74. The summed E-state index contributed by atoms with van der Waals surface area (Å²) in [6, 6.07) is 6.76. The predicted molar refractivity (Wildman–Crippen MR) is 73.9 cm³/mol. The van der Waals surface area contributed by atoms with Crippen molar-refractivity contribution in [1.29, 1.82) is 0 Å². The van der Waals surface area contributed by atoms with Crippen molar-refractivity contribution in [1.82, 2.24) is 5.32 Å². The molecule has 6 heteroatoms. The summed E-state index contributed by atoms with van der Waals surface area (Å²) < 4.78 is 5.46. The van der Waals surface area contributed by atoms with Crippen LogP contribution in [0.3, 0.4) is 0 Å². The Kier molecular flexibility index (Phi) is 4.18. The molecular weight excluding hydrogens is 282 g/mol. The highest BCUT2D eigenvalue weighted by molar-refractivity contribution is 6.30. The second-order valence-electron chi connectivity index (χ2n) is 5.02. The van der Waals surface area contributed by atoms with Gasteiger partial charge in [-0.3, -0.25) is 9.59 Å². The molecule has 1 unspecified atom stereocenters. The van der Waals surface area contributed by atoms with Gasteiger partial charge in [0.05, 0.1) is 5.41 Å². The number of aliphatic carboxylic acids is 1. The summed E-state index contributed by atoms with van der Waals surface area (Å²) in [5.74, 6) is -0.696. The van der Waals surface area contributed by atoms with Crippen LogP contribution in [0, 0.1) is 5.41 Å². The maximum Gasteiger partial charge on any atom is 0.311 e. The van der Waals surface area contributed by atoms with Crippen molar-refractivity contribution in [2.24, 2.45) is 5.41 Å². The molecule has 20 heavy (non-hydrogen) atoms. The van der Waals surface area contributed by atoms with Crippen molar-refractivity contribution < 1.29 is 19.4 Å². The van der Waals surface area contributed by atoms with E-state index >= 15 is 0 Å². The minimum Gasteiger partial charge on any atom is -0.481 e. The number of carbonyl (C=O) groups is 2. The lowest BCUT2D eigenvalue weighted by Gasteiger charge is -2.16. The molecule has 0 saturated heterocycles. The minimum absolute atomic E-state index is 0.143. The van der Waals surface area contributed by atoms with Crippen molar-refractivity contribution in [2.45, 2.75) is 25.9 Å². The molecule has 2 rings (SSSR count). The molecule has 1 atom stereocenters. The van der Waals surface area contributed by atoms with Crippen LogP contribution >= 0.6 is 11.6 Å². The average Bonchev–Trinajstić information content (AvgIpc) is 3.17. The van der Waals surface area contributed by atoms with Gasteiger partial charge in [-0.05, 0) is 38.0 Å². The maximum atomic E-state index is 11.9. The summed E-state index contributed by atoms with van der Waals surface area (Å²) in [7, 11) is 0. The molecule has 0 spiro atoms. The van der Waals surface area contributed by atoms with E-state index in [1.54, 1.807) is 31.2 Å². The first-order valence-electron chi connectivity index (χ1n) is 6.36. The van der Waals surface area contributed by atoms with Gasteiger partial charge in [-0.25, -0.2) is 0 Å². The van der Waals surface area contributed by atoms with Gasteiger partial charge in [0.25, 0.3) is 5.91 Å². The molecular formula is C14H16ClNO4. The van der Waals surface area contributed by atoms with E-state index in [1.165, 1.54) is 0 Å². The second-order valence-corrected chi connectivity index (χ2v) is 5.46. The molecule has 0 bridgehead atoms. The fourth-order valence-electron chi connectivity index (χ4n) is 1.82. The number of amides is 1. The Bertz CT molecular complexity index is 528. The zero-order valence-corrected chi connectivity index (χ0v) is 11.8. The third-order valence-electron chi connectivity index (χ3n) is 3.39. The summed E-state index contributed by atoms with van der Waals surface area (Å²) in [5.41, 5.74) is -0.772. The Morgan fingerprint density at radius 3 is 2.75 bits per heavy atom. The minimum atomic E-state index is -0.860. The van der Waals surface area contributed by atoms with Crippen molar-refractivity contribution in [2.75, 3.05) is 6.54 Å². The number of benzene rings is 1. The smallest absolute Gasteiger partial charge is 0.311 e. The standard InChI is InChI=1S/C14H16ClNO4/c1-9(20-11-4-2-3-10(15)7-11)12(17)16-8-14(5-6-14)13(18)19/h2-4,7,9H,5-6,8H2,1H3,(H,16,17)(H,18,19). The fraction of sp³-hybridized carbons (Fsp3) is 0.429. The first kappa shape index (κ1) is 14.7. The van der Waals surface area contributed by atoms with E-state index in [-0.39, 0.29) is 12.5 Å². The normalized spacial score (nSPS) is 17.1. The zero-order valence-electron chi connectivity index (χ0n) is 11.1. The molecule has 1 saturated carbocycles. The average molecular weight is 298 g/mol. The lowest BCUT2D eigenvalue weighted by molar-refractivity contribution is -0.143. The van der Waals surface area contributed by atoms with E-state index in [2.05, 4.69) is 5.32 Å². The van der Waals surface area contributed by atoms with Crippen molar-refractivity contribution in [3.63, 3.8) is 0 Å². The number of ether oxygens (including phenoxy) is 1. The van der Waals surface area contributed by atoms with Gasteiger partial charge < -0.3 is 15.2 Å². The van der Waals surface area contributed by atoms with Crippen LogP contribution in [0.5, 0.6) is 5.75 Å². The molecule has 5 nitrogen and oxygen atoms in total.